The van der Waals surface area contributed by atoms with Crippen molar-refractivity contribution in [3.05, 3.63) is 243 Å². The van der Waals surface area contributed by atoms with Gasteiger partial charge in [0.2, 0.25) is 0 Å². The van der Waals surface area contributed by atoms with Crippen molar-refractivity contribution in [3.63, 3.8) is 0 Å². The van der Waals surface area contributed by atoms with Gasteiger partial charge in [0.05, 0.1) is 16.7 Å². The van der Waals surface area contributed by atoms with Crippen LogP contribution in [-0.4, -0.2) is 4.57 Å². The van der Waals surface area contributed by atoms with Crippen LogP contribution >= 0.6 is 0 Å². The van der Waals surface area contributed by atoms with E-state index in [1.54, 1.807) is 0 Å². The number of hydrogen-bond donors (Lipinski definition) is 0. The van der Waals surface area contributed by atoms with Gasteiger partial charge in [0.15, 0.2) is 0 Å². The molecule has 11 aromatic rings. The Bertz CT molecular complexity index is 3170. The second-order valence-corrected chi connectivity index (χ2v) is 15.3. The molecule has 11 rings (SSSR count). The molecule has 0 radical (unpaired) electrons. The summed E-state index contributed by atoms with van der Waals surface area (Å²) < 4.78 is 2.50. The van der Waals surface area contributed by atoms with E-state index in [4.69, 9.17) is 0 Å². The molecule has 2 nitrogen and oxygen atoms in total. The average molecular weight is 765 g/mol. The van der Waals surface area contributed by atoms with Gasteiger partial charge in [0, 0.05) is 39.0 Å². The van der Waals surface area contributed by atoms with Crippen LogP contribution in [0.1, 0.15) is 0 Å². The number of fused-ring (bicyclic) bond motifs is 5. The molecule has 0 amide bonds. The maximum absolute atomic E-state index is 2.50. The lowest BCUT2D eigenvalue weighted by Crippen LogP contribution is -2.10. The van der Waals surface area contributed by atoms with E-state index in [1.165, 1.54) is 77.2 Å². The maximum atomic E-state index is 2.50. The third-order valence-electron chi connectivity index (χ3n) is 11.8. The van der Waals surface area contributed by atoms with E-state index in [9.17, 15) is 0 Å². The minimum absolute atomic E-state index is 1.09. The van der Waals surface area contributed by atoms with Gasteiger partial charge in [-0.1, -0.05) is 194 Å². The molecule has 0 bridgehead atoms. The molecule has 60 heavy (non-hydrogen) atoms. The van der Waals surface area contributed by atoms with Gasteiger partial charge in [-0.15, -0.1) is 0 Å². The second kappa shape index (κ2) is 15.1. The van der Waals surface area contributed by atoms with Gasteiger partial charge in [-0.2, -0.15) is 0 Å². The predicted molar refractivity (Wildman–Crippen MR) is 255 cm³/mol. The number of para-hydroxylation sites is 2. The van der Waals surface area contributed by atoms with Crippen LogP contribution in [0.3, 0.4) is 0 Å². The summed E-state index contributed by atoms with van der Waals surface area (Å²) >= 11 is 0. The molecule has 0 N–H and O–H groups in total. The van der Waals surface area contributed by atoms with Gasteiger partial charge in [-0.05, 0) is 92.7 Å². The quantitative estimate of drug-likeness (QED) is 0.150. The van der Waals surface area contributed by atoms with E-state index in [-0.39, 0.29) is 0 Å². The lowest BCUT2D eigenvalue weighted by molar-refractivity contribution is 1.18. The number of aromatic nitrogens is 1. The van der Waals surface area contributed by atoms with Crippen LogP contribution < -0.4 is 4.90 Å². The molecule has 0 spiro atoms. The number of nitrogens with zero attached hydrogens (tertiary/aromatic N) is 2. The fourth-order valence-corrected chi connectivity index (χ4v) is 8.95. The Kier molecular flexibility index (Phi) is 8.87. The van der Waals surface area contributed by atoms with Crippen molar-refractivity contribution < 1.29 is 0 Å². The van der Waals surface area contributed by atoms with E-state index in [0.717, 1.165) is 22.6 Å². The molecule has 10 aromatic carbocycles. The van der Waals surface area contributed by atoms with Gasteiger partial charge in [0.25, 0.3) is 0 Å². The van der Waals surface area contributed by atoms with E-state index < -0.39 is 0 Å². The normalized spacial score (nSPS) is 11.3. The molecule has 0 aliphatic heterocycles. The Morgan fingerprint density at radius 1 is 0.267 bits per heavy atom. The Morgan fingerprint density at radius 2 is 0.683 bits per heavy atom. The van der Waals surface area contributed by atoms with Crippen molar-refractivity contribution in [3.8, 4) is 50.2 Å². The molecular weight excluding hydrogens is 725 g/mol. The first-order chi connectivity index (χ1) is 29.8. The minimum Gasteiger partial charge on any atom is -0.311 e. The van der Waals surface area contributed by atoms with Crippen molar-refractivity contribution in [1.82, 2.24) is 4.57 Å². The molecule has 0 unspecified atom stereocenters. The summed E-state index contributed by atoms with van der Waals surface area (Å²) in [7, 11) is 0. The highest BCUT2D eigenvalue weighted by Gasteiger charge is 2.21. The van der Waals surface area contributed by atoms with Crippen LogP contribution in [-0.2, 0) is 0 Å². The molecule has 1 heterocycles. The van der Waals surface area contributed by atoms with Gasteiger partial charge in [-0.25, -0.2) is 0 Å². The smallest absolute Gasteiger partial charge is 0.0618 e. The molecule has 0 aliphatic rings. The van der Waals surface area contributed by atoms with E-state index in [2.05, 4.69) is 252 Å². The Morgan fingerprint density at radius 3 is 1.23 bits per heavy atom. The molecule has 282 valence electrons. The van der Waals surface area contributed by atoms with Gasteiger partial charge >= 0.3 is 0 Å². The molecule has 0 fully saturated rings. The first kappa shape index (κ1) is 35.2. The standard InChI is InChI=1S/C58H40N2/c1-4-15-41(16-5-1)43-27-34-48(35-28-43)59(49-36-29-44(30-37-49)42-17-6-2-7-18-42)50-38-31-47(32-39-50)53-25-14-24-52(45-19-8-3-9-20-45)58(53)60-55-26-13-12-23-54(55)57-51-22-11-10-21-46(51)33-40-56(57)60/h1-40H. The van der Waals surface area contributed by atoms with Crippen LogP contribution in [0, 0.1) is 0 Å². The highest BCUT2D eigenvalue weighted by Crippen LogP contribution is 2.44. The summed E-state index contributed by atoms with van der Waals surface area (Å²) in [5, 5.41) is 5.04. The topological polar surface area (TPSA) is 8.17 Å². The number of anilines is 3. The van der Waals surface area contributed by atoms with E-state index >= 15 is 0 Å². The Labute approximate surface area is 350 Å². The molecule has 0 atom stereocenters. The second-order valence-electron chi connectivity index (χ2n) is 15.3. The average Bonchev–Trinajstić information content (AvgIpc) is 3.67. The van der Waals surface area contributed by atoms with Crippen molar-refractivity contribution in [2.45, 2.75) is 0 Å². The maximum Gasteiger partial charge on any atom is 0.0618 e. The van der Waals surface area contributed by atoms with E-state index in [1.807, 2.05) is 0 Å². The fourth-order valence-electron chi connectivity index (χ4n) is 8.95. The van der Waals surface area contributed by atoms with Crippen LogP contribution in [0.4, 0.5) is 17.1 Å². The lowest BCUT2D eigenvalue weighted by atomic mass is 9.95. The summed E-state index contributed by atoms with van der Waals surface area (Å²) in [4.78, 5) is 2.35. The molecule has 0 aliphatic carbocycles. The largest absolute Gasteiger partial charge is 0.311 e. The highest BCUT2D eigenvalue weighted by atomic mass is 15.1. The summed E-state index contributed by atoms with van der Waals surface area (Å²) in [5.74, 6) is 0. The number of benzene rings is 10. The summed E-state index contributed by atoms with van der Waals surface area (Å²) in [6, 6.07) is 87.8. The van der Waals surface area contributed by atoms with Crippen LogP contribution in [0.15, 0.2) is 243 Å². The van der Waals surface area contributed by atoms with Gasteiger partial charge in [-0.3, -0.25) is 0 Å². The third kappa shape index (κ3) is 6.23. The van der Waals surface area contributed by atoms with Gasteiger partial charge < -0.3 is 9.47 Å². The van der Waals surface area contributed by atoms with Crippen LogP contribution in [0.25, 0.3) is 82.8 Å². The molecule has 1 aromatic heterocycles. The van der Waals surface area contributed by atoms with Crippen molar-refractivity contribution >= 4 is 49.6 Å². The Balaban J connectivity index is 1.08. The van der Waals surface area contributed by atoms with Crippen LogP contribution in [0.5, 0.6) is 0 Å². The van der Waals surface area contributed by atoms with Crippen molar-refractivity contribution in [2.75, 3.05) is 4.90 Å². The van der Waals surface area contributed by atoms with Crippen molar-refractivity contribution in [1.29, 1.82) is 0 Å². The third-order valence-corrected chi connectivity index (χ3v) is 11.8. The zero-order chi connectivity index (χ0) is 39.8. The highest BCUT2D eigenvalue weighted by molar-refractivity contribution is 6.21. The van der Waals surface area contributed by atoms with Crippen molar-refractivity contribution in [2.24, 2.45) is 0 Å². The van der Waals surface area contributed by atoms with Gasteiger partial charge in [0.1, 0.15) is 0 Å². The number of rotatable bonds is 8. The molecule has 0 saturated heterocycles. The zero-order valence-electron chi connectivity index (χ0n) is 33.0. The summed E-state index contributed by atoms with van der Waals surface area (Å²) in [6.07, 6.45) is 0. The zero-order valence-corrected chi connectivity index (χ0v) is 33.0. The van der Waals surface area contributed by atoms with Crippen LogP contribution in [0.2, 0.25) is 0 Å². The minimum atomic E-state index is 1.09. The molecule has 2 heteroatoms. The molecular formula is C58H40N2. The summed E-state index contributed by atoms with van der Waals surface area (Å²) in [5.41, 5.74) is 16.3. The Hall–Kier alpha value is -7.94. The SMILES string of the molecule is c1ccc(-c2ccc(N(c3ccc(-c4ccccc4)cc3)c3ccc(-c4cccc(-c5ccccc5)c4-n4c5ccccc5c5c6ccccc6ccc54)cc3)cc2)cc1. The predicted octanol–water partition coefficient (Wildman–Crippen LogP) is 16.1. The van der Waals surface area contributed by atoms with E-state index in [0.29, 0.717) is 0 Å². The monoisotopic (exact) mass is 764 g/mol. The lowest BCUT2D eigenvalue weighted by Gasteiger charge is -2.26. The molecule has 0 saturated carbocycles. The fraction of sp³-hybridized carbons (Fsp3) is 0. The first-order valence-electron chi connectivity index (χ1n) is 20.6. The summed E-state index contributed by atoms with van der Waals surface area (Å²) in [6.45, 7) is 0. The number of hydrogen-bond acceptors (Lipinski definition) is 1. The first-order valence-corrected chi connectivity index (χ1v) is 20.6.